The number of nitrogens with zero attached hydrogens (tertiary/aromatic N) is 1. The molecular formula is C13H24N2O4. The molecule has 0 unspecified atom stereocenters. The van der Waals surface area contributed by atoms with Gasteiger partial charge in [0.25, 0.3) is 0 Å². The van der Waals surface area contributed by atoms with Crippen LogP contribution >= 0.6 is 0 Å². The van der Waals surface area contributed by atoms with Crippen molar-refractivity contribution < 1.29 is 19.7 Å². The number of aliphatic hydroxyl groups is 2. The smallest absolute Gasteiger partial charge is 0.216 e. The SMILES string of the molecule is CC(=O)NC[C@]1(O)CCN(C2CCOCC2)C[C@H]1O. The van der Waals surface area contributed by atoms with Gasteiger partial charge in [0.15, 0.2) is 0 Å². The van der Waals surface area contributed by atoms with Crippen LogP contribution in [-0.4, -0.2) is 71.6 Å². The Morgan fingerprint density at radius 1 is 1.47 bits per heavy atom. The third kappa shape index (κ3) is 3.66. The molecule has 110 valence electrons. The van der Waals surface area contributed by atoms with Crippen molar-refractivity contribution in [3.8, 4) is 0 Å². The predicted octanol–water partition coefficient (Wildman–Crippen LogP) is -0.901. The monoisotopic (exact) mass is 272 g/mol. The fourth-order valence-corrected chi connectivity index (χ4v) is 2.85. The van der Waals surface area contributed by atoms with E-state index in [-0.39, 0.29) is 12.5 Å². The second kappa shape index (κ2) is 6.17. The summed E-state index contributed by atoms with van der Waals surface area (Å²) in [5.74, 6) is -0.188. The molecule has 2 aliphatic rings. The molecule has 0 aromatic rings. The maximum Gasteiger partial charge on any atom is 0.216 e. The number of carbonyl (C=O) groups is 1. The first-order valence-electron chi connectivity index (χ1n) is 6.98. The minimum Gasteiger partial charge on any atom is -0.389 e. The maximum absolute atomic E-state index is 10.9. The van der Waals surface area contributed by atoms with E-state index in [1.165, 1.54) is 6.92 Å². The number of hydrogen-bond acceptors (Lipinski definition) is 5. The number of β-amino-alcohol motifs (C(OH)–C–C–N with tert-alkyl or cyclic N) is 1. The molecule has 3 N–H and O–H groups in total. The molecule has 19 heavy (non-hydrogen) atoms. The van der Waals surface area contributed by atoms with Crippen LogP contribution in [0.1, 0.15) is 26.2 Å². The van der Waals surface area contributed by atoms with Gasteiger partial charge in [0.05, 0.1) is 6.10 Å². The average Bonchev–Trinajstić information content (AvgIpc) is 2.41. The summed E-state index contributed by atoms with van der Waals surface area (Å²) in [5, 5.41) is 23.1. The molecule has 2 fully saturated rings. The Hall–Kier alpha value is -0.690. The van der Waals surface area contributed by atoms with Gasteiger partial charge in [0.2, 0.25) is 5.91 Å². The van der Waals surface area contributed by atoms with Crippen molar-refractivity contribution >= 4 is 5.91 Å². The summed E-state index contributed by atoms with van der Waals surface area (Å²) in [6.45, 7) is 4.28. The summed E-state index contributed by atoms with van der Waals surface area (Å²) in [5.41, 5.74) is -1.20. The number of likely N-dealkylation sites (tertiary alicyclic amines) is 1. The third-order valence-corrected chi connectivity index (χ3v) is 4.21. The summed E-state index contributed by atoms with van der Waals surface area (Å²) in [4.78, 5) is 13.2. The lowest BCUT2D eigenvalue weighted by atomic mass is 9.87. The Bertz CT molecular complexity index is 320. The van der Waals surface area contributed by atoms with Gasteiger partial charge in [-0.15, -0.1) is 0 Å². The summed E-state index contributed by atoms with van der Waals surface area (Å²) >= 11 is 0. The van der Waals surface area contributed by atoms with Crippen LogP contribution < -0.4 is 5.32 Å². The molecular weight excluding hydrogens is 248 g/mol. The number of nitrogens with one attached hydrogen (secondary N) is 1. The van der Waals surface area contributed by atoms with Gasteiger partial charge in [-0.05, 0) is 19.3 Å². The van der Waals surface area contributed by atoms with Crippen molar-refractivity contribution in [2.75, 3.05) is 32.8 Å². The number of amides is 1. The van der Waals surface area contributed by atoms with Crippen LogP contribution in [0, 0.1) is 0 Å². The summed E-state index contributed by atoms with van der Waals surface area (Å²) < 4.78 is 5.34. The molecule has 6 heteroatoms. The van der Waals surface area contributed by atoms with E-state index in [2.05, 4.69) is 10.2 Å². The lowest BCUT2D eigenvalue weighted by Crippen LogP contribution is -2.62. The van der Waals surface area contributed by atoms with Gasteiger partial charge in [-0.3, -0.25) is 9.69 Å². The molecule has 0 aromatic carbocycles. The molecule has 0 spiro atoms. The van der Waals surface area contributed by atoms with Gasteiger partial charge < -0.3 is 20.3 Å². The van der Waals surface area contributed by atoms with Crippen LogP contribution in [0.3, 0.4) is 0 Å². The van der Waals surface area contributed by atoms with E-state index in [9.17, 15) is 15.0 Å². The number of aliphatic hydroxyl groups excluding tert-OH is 1. The van der Waals surface area contributed by atoms with E-state index in [1.807, 2.05) is 0 Å². The second-order valence-corrected chi connectivity index (χ2v) is 5.62. The number of carbonyl (C=O) groups excluding carboxylic acids is 1. The fourth-order valence-electron chi connectivity index (χ4n) is 2.85. The van der Waals surface area contributed by atoms with Crippen LogP contribution in [0.5, 0.6) is 0 Å². The van der Waals surface area contributed by atoms with E-state index in [0.29, 0.717) is 19.0 Å². The summed E-state index contributed by atoms with van der Waals surface area (Å²) in [6.07, 6.45) is 1.62. The summed E-state index contributed by atoms with van der Waals surface area (Å²) in [7, 11) is 0. The van der Waals surface area contributed by atoms with Crippen LogP contribution in [0.15, 0.2) is 0 Å². The standard InChI is InChI=1S/C13H24N2O4/c1-10(16)14-9-13(18)4-5-15(8-12(13)17)11-2-6-19-7-3-11/h11-12,17-18H,2-9H2,1H3,(H,14,16)/t12-,13-/m1/s1. The van der Waals surface area contributed by atoms with Crippen molar-refractivity contribution in [1.82, 2.24) is 10.2 Å². The molecule has 2 heterocycles. The van der Waals surface area contributed by atoms with Crippen molar-refractivity contribution in [3.05, 3.63) is 0 Å². The van der Waals surface area contributed by atoms with E-state index in [0.717, 1.165) is 32.6 Å². The van der Waals surface area contributed by atoms with Crippen molar-refractivity contribution in [1.29, 1.82) is 0 Å². The van der Waals surface area contributed by atoms with Crippen LogP contribution in [-0.2, 0) is 9.53 Å². The molecule has 0 aliphatic carbocycles. The number of ether oxygens (including phenoxy) is 1. The highest BCUT2D eigenvalue weighted by atomic mass is 16.5. The Kier molecular flexibility index (Phi) is 4.78. The molecule has 2 aliphatic heterocycles. The predicted molar refractivity (Wildman–Crippen MR) is 69.7 cm³/mol. The Labute approximate surface area is 113 Å². The number of rotatable bonds is 3. The number of hydrogen-bond donors (Lipinski definition) is 3. The molecule has 2 rings (SSSR count). The zero-order valence-electron chi connectivity index (χ0n) is 11.5. The molecule has 0 saturated carbocycles. The molecule has 2 atom stereocenters. The Morgan fingerprint density at radius 3 is 2.74 bits per heavy atom. The van der Waals surface area contributed by atoms with Crippen molar-refractivity contribution in [2.24, 2.45) is 0 Å². The Balaban J connectivity index is 1.87. The zero-order chi connectivity index (χ0) is 13.9. The molecule has 0 bridgehead atoms. The minimum atomic E-state index is -1.20. The van der Waals surface area contributed by atoms with Gasteiger partial charge in [-0.1, -0.05) is 0 Å². The molecule has 1 amide bonds. The van der Waals surface area contributed by atoms with Gasteiger partial charge in [-0.25, -0.2) is 0 Å². The van der Waals surface area contributed by atoms with Gasteiger partial charge in [0.1, 0.15) is 5.60 Å². The molecule has 0 radical (unpaired) electrons. The molecule has 0 aromatic heterocycles. The minimum absolute atomic E-state index is 0.116. The van der Waals surface area contributed by atoms with Gasteiger partial charge >= 0.3 is 0 Å². The average molecular weight is 272 g/mol. The normalized spacial score (nSPS) is 34.2. The third-order valence-electron chi connectivity index (χ3n) is 4.21. The Morgan fingerprint density at radius 2 is 2.16 bits per heavy atom. The highest BCUT2D eigenvalue weighted by Crippen LogP contribution is 2.26. The topological polar surface area (TPSA) is 82.0 Å². The van der Waals surface area contributed by atoms with Crippen LogP contribution in [0.25, 0.3) is 0 Å². The first-order valence-corrected chi connectivity index (χ1v) is 6.98. The largest absolute Gasteiger partial charge is 0.389 e. The van der Waals surface area contributed by atoms with Crippen LogP contribution in [0.4, 0.5) is 0 Å². The quantitative estimate of drug-likeness (QED) is 0.620. The highest BCUT2D eigenvalue weighted by Gasteiger charge is 2.42. The summed E-state index contributed by atoms with van der Waals surface area (Å²) in [6, 6.07) is 0.439. The maximum atomic E-state index is 10.9. The van der Waals surface area contributed by atoms with E-state index < -0.39 is 11.7 Å². The first-order chi connectivity index (χ1) is 9.01. The lowest BCUT2D eigenvalue weighted by Gasteiger charge is -2.45. The van der Waals surface area contributed by atoms with Gasteiger partial charge in [-0.2, -0.15) is 0 Å². The first kappa shape index (κ1) is 14.7. The van der Waals surface area contributed by atoms with Crippen LogP contribution in [0.2, 0.25) is 0 Å². The van der Waals surface area contributed by atoms with Crippen molar-refractivity contribution in [3.63, 3.8) is 0 Å². The van der Waals surface area contributed by atoms with Crippen molar-refractivity contribution in [2.45, 2.75) is 43.9 Å². The molecule has 2 saturated heterocycles. The van der Waals surface area contributed by atoms with Gasteiger partial charge in [0, 0.05) is 45.8 Å². The van der Waals surface area contributed by atoms with E-state index in [1.54, 1.807) is 0 Å². The number of piperidine rings is 1. The van der Waals surface area contributed by atoms with E-state index in [4.69, 9.17) is 4.74 Å². The zero-order valence-corrected chi connectivity index (χ0v) is 11.5. The van der Waals surface area contributed by atoms with E-state index >= 15 is 0 Å². The highest BCUT2D eigenvalue weighted by molar-refractivity contribution is 5.72. The fraction of sp³-hybridized carbons (Fsp3) is 0.923. The molecule has 6 nitrogen and oxygen atoms in total. The lowest BCUT2D eigenvalue weighted by molar-refractivity contribution is -0.135. The second-order valence-electron chi connectivity index (χ2n) is 5.62.